The lowest BCUT2D eigenvalue weighted by atomic mass is 10.1. The molecule has 2 rings (SSSR count). The topological polar surface area (TPSA) is 76.1 Å². The van der Waals surface area contributed by atoms with Crippen molar-refractivity contribution in [2.24, 2.45) is 0 Å². The van der Waals surface area contributed by atoms with Gasteiger partial charge in [0.25, 0.3) is 0 Å². The van der Waals surface area contributed by atoms with E-state index in [9.17, 15) is 4.79 Å². The van der Waals surface area contributed by atoms with Crippen molar-refractivity contribution in [1.82, 2.24) is 10.2 Å². The number of carbonyl (C=O) groups excluding carboxylic acids is 1. The summed E-state index contributed by atoms with van der Waals surface area (Å²) in [6.45, 7) is 6.12. The zero-order valence-corrected chi connectivity index (χ0v) is 13.9. The summed E-state index contributed by atoms with van der Waals surface area (Å²) in [5.41, 5.74) is 0.815. The minimum atomic E-state index is -0.138. The first-order valence-electron chi connectivity index (χ1n) is 7.40. The SMILES string of the molecule is COc1ccc(CC(=O)Nc2ccc(NC(C)(C)C)nn2)cc1. The van der Waals surface area contributed by atoms with Gasteiger partial charge in [-0.15, -0.1) is 10.2 Å². The van der Waals surface area contributed by atoms with Gasteiger partial charge in [0.15, 0.2) is 5.82 Å². The molecule has 0 fully saturated rings. The summed E-state index contributed by atoms with van der Waals surface area (Å²) < 4.78 is 5.09. The van der Waals surface area contributed by atoms with Crippen molar-refractivity contribution >= 4 is 17.5 Å². The van der Waals surface area contributed by atoms with Crippen LogP contribution in [0.2, 0.25) is 0 Å². The standard InChI is InChI=1S/C17H22N4O2/c1-17(2,3)19-15-10-9-14(20-21-15)18-16(22)11-12-5-7-13(23-4)8-6-12/h5-10H,11H2,1-4H3,(H,19,21)(H,18,20,22). The molecule has 0 aliphatic carbocycles. The second-order valence-electron chi connectivity index (χ2n) is 6.25. The monoisotopic (exact) mass is 314 g/mol. The van der Waals surface area contributed by atoms with Gasteiger partial charge in [-0.25, -0.2) is 0 Å². The van der Waals surface area contributed by atoms with Crippen LogP contribution in [0.3, 0.4) is 0 Å². The highest BCUT2D eigenvalue weighted by atomic mass is 16.5. The van der Waals surface area contributed by atoms with Crippen LogP contribution in [-0.2, 0) is 11.2 Å². The van der Waals surface area contributed by atoms with E-state index in [0.717, 1.165) is 11.3 Å². The molecule has 0 spiro atoms. The molecule has 0 radical (unpaired) electrons. The predicted octanol–water partition coefficient (Wildman–Crippen LogP) is 2.88. The van der Waals surface area contributed by atoms with E-state index in [1.54, 1.807) is 19.2 Å². The first-order valence-corrected chi connectivity index (χ1v) is 7.40. The Morgan fingerprint density at radius 2 is 1.65 bits per heavy atom. The van der Waals surface area contributed by atoms with Crippen LogP contribution in [0, 0.1) is 0 Å². The van der Waals surface area contributed by atoms with Gasteiger partial charge in [0, 0.05) is 5.54 Å². The lowest BCUT2D eigenvalue weighted by Crippen LogP contribution is -2.27. The number of aromatic nitrogens is 2. The van der Waals surface area contributed by atoms with Crippen molar-refractivity contribution in [1.29, 1.82) is 0 Å². The van der Waals surface area contributed by atoms with Crippen LogP contribution in [-0.4, -0.2) is 28.8 Å². The molecule has 0 bridgehead atoms. The first kappa shape index (κ1) is 16.7. The number of ether oxygens (including phenoxy) is 1. The lowest BCUT2D eigenvalue weighted by molar-refractivity contribution is -0.115. The van der Waals surface area contributed by atoms with Crippen LogP contribution in [0.5, 0.6) is 5.75 Å². The molecular weight excluding hydrogens is 292 g/mol. The molecule has 0 atom stereocenters. The molecule has 0 saturated carbocycles. The fourth-order valence-electron chi connectivity index (χ4n) is 1.97. The van der Waals surface area contributed by atoms with E-state index in [1.807, 2.05) is 45.0 Å². The summed E-state index contributed by atoms with van der Waals surface area (Å²) in [4.78, 5) is 12.0. The third-order valence-corrected chi connectivity index (χ3v) is 2.96. The molecule has 1 aromatic carbocycles. The predicted molar refractivity (Wildman–Crippen MR) is 90.7 cm³/mol. The Labute approximate surface area is 136 Å². The van der Waals surface area contributed by atoms with Gasteiger partial charge in [-0.05, 0) is 50.6 Å². The third-order valence-electron chi connectivity index (χ3n) is 2.96. The fourth-order valence-corrected chi connectivity index (χ4v) is 1.97. The largest absolute Gasteiger partial charge is 0.497 e. The Morgan fingerprint density at radius 3 is 2.17 bits per heavy atom. The minimum absolute atomic E-state index is 0.0895. The number of carbonyl (C=O) groups is 1. The van der Waals surface area contributed by atoms with E-state index in [0.29, 0.717) is 11.6 Å². The Bertz CT molecular complexity index is 646. The van der Waals surface area contributed by atoms with Gasteiger partial charge in [-0.3, -0.25) is 4.79 Å². The number of rotatable bonds is 5. The van der Waals surface area contributed by atoms with Gasteiger partial charge in [0.2, 0.25) is 5.91 Å². The van der Waals surface area contributed by atoms with E-state index in [-0.39, 0.29) is 17.9 Å². The van der Waals surface area contributed by atoms with Crippen molar-refractivity contribution in [2.45, 2.75) is 32.7 Å². The van der Waals surface area contributed by atoms with E-state index in [1.165, 1.54) is 0 Å². The van der Waals surface area contributed by atoms with Crippen molar-refractivity contribution in [3.8, 4) is 5.75 Å². The molecule has 2 aromatic rings. The minimum Gasteiger partial charge on any atom is -0.497 e. The summed E-state index contributed by atoms with van der Waals surface area (Å²) >= 11 is 0. The smallest absolute Gasteiger partial charge is 0.229 e. The van der Waals surface area contributed by atoms with Gasteiger partial charge in [-0.1, -0.05) is 12.1 Å². The van der Waals surface area contributed by atoms with Crippen LogP contribution in [0.1, 0.15) is 26.3 Å². The molecule has 23 heavy (non-hydrogen) atoms. The molecule has 1 heterocycles. The van der Waals surface area contributed by atoms with Gasteiger partial charge < -0.3 is 15.4 Å². The molecule has 6 heteroatoms. The van der Waals surface area contributed by atoms with Gasteiger partial charge >= 0.3 is 0 Å². The van der Waals surface area contributed by atoms with Crippen molar-refractivity contribution < 1.29 is 9.53 Å². The zero-order chi connectivity index (χ0) is 16.9. The van der Waals surface area contributed by atoms with Crippen molar-refractivity contribution in [3.05, 3.63) is 42.0 Å². The quantitative estimate of drug-likeness (QED) is 0.887. The van der Waals surface area contributed by atoms with E-state index in [2.05, 4.69) is 20.8 Å². The van der Waals surface area contributed by atoms with Crippen molar-refractivity contribution in [2.75, 3.05) is 17.7 Å². The molecule has 122 valence electrons. The lowest BCUT2D eigenvalue weighted by Gasteiger charge is -2.20. The Hall–Kier alpha value is -2.63. The Balaban J connectivity index is 1.91. The molecule has 1 aromatic heterocycles. The molecular formula is C17H22N4O2. The molecule has 0 aliphatic rings. The highest BCUT2D eigenvalue weighted by Gasteiger charge is 2.11. The maximum atomic E-state index is 12.0. The van der Waals surface area contributed by atoms with Crippen LogP contribution in [0.25, 0.3) is 0 Å². The van der Waals surface area contributed by atoms with Gasteiger partial charge in [0.1, 0.15) is 11.6 Å². The number of hydrogen-bond acceptors (Lipinski definition) is 5. The maximum Gasteiger partial charge on any atom is 0.229 e. The zero-order valence-electron chi connectivity index (χ0n) is 13.9. The molecule has 6 nitrogen and oxygen atoms in total. The number of hydrogen-bond donors (Lipinski definition) is 2. The van der Waals surface area contributed by atoms with Gasteiger partial charge in [-0.2, -0.15) is 0 Å². The summed E-state index contributed by atoms with van der Waals surface area (Å²) in [6.07, 6.45) is 0.271. The maximum absolute atomic E-state index is 12.0. The molecule has 1 amide bonds. The Morgan fingerprint density at radius 1 is 1.04 bits per heavy atom. The van der Waals surface area contributed by atoms with Crippen LogP contribution >= 0.6 is 0 Å². The number of nitrogens with one attached hydrogen (secondary N) is 2. The second kappa shape index (κ2) is 7.09. The third kappa shape index (κ3) is 5.58. The molecule has 2 N–H and O–H groups in total. The molecule has 0 saturated heterocycles. The fraction of sp³-hybridized carbons (Fsp3) is 0.353. The van der Waals surface area contributed by atoms with E-state index >= 15 is 0 Å². The number of nitrogens with zero attached hydrogens (tertiary/aromatic N) is 2. The molecule has 0 unspecified atom stereocenters. The van der Waals surface area contributed by atoms with Gasteiger partial charge in [0.05, 0.1) is 13.5 Å². The first-order chi connectivity index (χ1) is 10.9. The number of amides is 1. The molecule has 0 aliphatic heterocycles. The van der Waals surface area contributed by atoms with Crippen LogP contribution < -0.4 is 15.4 Å². The van der Waals surface area contributed by atoms with Crippen LogP contribution in [0.15, 0.2) is 36.4 Å². The summed E-state index contributed by atoms with van der Waals surface area (Å²) in [7, 11) is 1.61. The summed E-state index contributed by atoms with van der Waals surface area (Å²) in [5.74, 6) is 1.73. The van der Waals surface area contributed by atoms with Crippen LogP contribution in [0.4, 0.5) is 11.6 Å². The van der Waals surface area contributed by atoms with E-state index in [4.69, 9.17) is 4.74 Å². The average molecular weight is 314 g/mol. The normalized spacial score (nSPS) is 11.0. The second-order valence-corrected chi connectivity index (χ2v) is 6.25. The highest BCUT2D eigenvalue weighted by molar-refractivity contribution is 5.91. The number of anilines is 2. The Kier molecular flexibility index (Phi) is 5.16. The van der Waals surface area contributed by atoms with E-state index < -0.39 is 0 Å². The number of benzene rings is 1. The average Bonchev–Trinajstić information content (AvgIpc) is 2.48. The highest BCUT2D eigenvalue weighted by Crippen LogP contribution is 2.14. The van der Waals surface area contributed by atoms with Crippen molar-refractivity contribution in [3.63, 3.8) is 0 Å². The number of methoxy groups -OCH3 is 1. The summed E-state index contributed by atoms with van der Waals surface area (Å²) in [5, 5.41) is 14.0. The summed E-state index contributed by atoms with van der Waals surface area (Å²) in [6, 6.07) is 10.9.